The number of aryl methyl sites for hydroxylation is 2. The lowest BCUT2D eigenvalue weighted by Crippen LogP contribution is -2.30. The summed E-state index contributed by atoms with van der Waals surface area (Å²) in [7, 11) is 0. The highest BCUT2D eigenvalue weighted by Gasteiger charge is 2.16. The SMILES string of the molecule is Cc1cnc(Cn2ccc(C)c(C(=O)Nc3cccc(CO)c3)c2=O)cn1. The van der Waals surface area contributed by atoms with E-state index in [4.69, 9.17) is 0 Å². The molecule has 2 N–H and O–H groups in total. The van der Waals surface area contributed by atoms with Gasteiger partial charge in [-0.15, -0.1) is 0 Å². The molecule has 1 amide bonds. The summed E-state index contributed by atoms with van der Waals surface area (Å²) in [5.41, 5.74) is 2.88. The van der Waals surface area contributed by atoms with Gasteiger partial charge in [0.2, 0.25) is 0 Å². The second-order valence-electron chi connectivity index (χ2n) is 6.27. The Morgan fingerprint density at radius 3 is 2.70 bits per heavy atom. The number of hydrogen-bond acceptors (Lipinski definition) is 5. The van der Waals surface area contributed by atoms with E-state index in [0.717, 1.165) is 5.69 Å². The van der Waals surface area contributed by atoms with Crippen LogP contribution in [-0.4, -0.2) is 25.5 Å². The van der Waals surface area contributed by atoms with E-state index in [0.29, 0.717) is 22.5 Å². The Labute approximate surface area is 156 Å². The fraction of sp³-hybridized carbons (Fsp3) is 0.200. The lowest BCUT2D eigenvalue weighted by Gasteiger charge is -2.11. The maximum atomic E-state index is 12.8. The van der Waals surface area contributed by atoms with Gasteiger partial charge in [-0.3, -0.25) is 19.6 Å². The fourth-order valence-corrected chi connectivity index (χ4v) is 2.68. The zero-order valence-corrected chi connectivity index (χ0v) is 15.1. The molecular formula is C20H20N4O3. The van der Waals surface area contributed by atoms with Crippen molar-refractivity contribution in [2.45, 2.75) is 27.0 Å². The number of benzene rings is 1. The monoisotopic (exact) mass is 364 g/mol. The van der Waals surface area contributed by atoms with E-state index < -0.39 is 11.5 Å². The summed E-state index contributed by atoms with van der Waals surface area (Å²) < 4.78 is 1.44. The van der Waals surface area contributed by atoms with Gasteiger partial charge >= 0.3 is 0 Å². The first-order valence-electron chi connectivity index (χ1n) is 8.46. The molecular weight excluding hydrogens is 344 g/mol. The van der Waals surface area contributed by atoms with Crippen LogP contribution in [0.3, 0.4) is 0 Å². The summed E-state index contributed by atoms with van der Waals surface area (Å²) in [5, 5.41) is 11.9. The molecule has 0 spiro atoms. The van der Waals surface area contributed by atoms with Gasteiger partial charge < -0.3 is 15.0 Å². The van der Waals surface area contributed by atoms with Gasteiger partial charge in [-0.2, -0.15) is 0 Å². The van der Waals surface area contributed by atoms with Crippen LogP contribution in [0.15, 0.2) is 53.7 Å². The number of amides is 1. The average molecular weight is 364 g/mol. The van der Waals surface area contributed by atoms with Gasteiger partial charge in [0.15, 0.2) is 0 Å². The zero-order valence-electron chi connectivity index (χ0n) is 15.1. The first-order valence-corrected chi connectivity index (χ1v) is 8.46. The smallest absolute Gasteiger partial charge is 0.264 e. The Hall–Kier alpha value is -3.32. The molecule has 0 unspecified atom stereocenters. The van der Waals surface area contributed by atoms with Gasteiger partial charge in [-0.25, -0.2) is 0 Å². The number of carbonyl (C=O) groups is 1. The molecule has 0 fully saturated rings. The number of rotatable bonds is 5. The van der Waals surface area contributed by atoms with Crippen LogP contribution in [0.25, 0.3) is 0 Å². The molecule has 3 rings (SSSR count). The second kappa shape index (κ2) is 7.92. The van der Waals surface area contributed by atoms with Crippen molar-refractivity contribution >= 4 is 11.6 Å². The highest BCUT2D eigenvalue weighted by molar-refractivity contribution is 6.05. The minimum absolute atomic E-state index is 0.0759. The molecule has 0 atom stereocenters. The Balaban J connectivity index is 1.89. The van der Waals surface area contributed by atoms with Crippen molar-refractivity contribution in [1.82, 2.24) is 14.5 Å². The van der Waals surface area contributed by atoms with Crippen LogP contribution >= 0.6 is 0 Å². The molecule has 0 saturated heterocycles. The molecule has 27 heavy (non-hydrogen) atoms. The quantitative estimate of drug-likeness (QED) is 0.722. The number of aliphatic hydroxyl groups excluding tert-OH is 1. The molecule has 3 aromatic rings. The van der Waals surface area contributed by atoms with Crippen LogP contribution in [-0.2, 0) is 13.2 Å². The maximum Gasteiger partial charge on any atom is 0.264 e. The summed E-state index contributed by atoms with van der Waals surface area (Å²) >= 11 is 0. The third kappa shape index (κ3) is 4.27. The highest BCUT2D eigenvalue weighted by atomic mass is 16.3. The summed E-state index contributed by atoms with van der Waals surface area (Å²) in [6, 6.07) is 8.57. The van der Waals surface area contributed by atoms with Gasteiger partial charge in [0.05, 0.1) is 30.7 Å². The number of hydrogen-bond donors (Lipinski definition) is 2. The number of aliphatic hydroxyl groups is 1. The van der Waals surface area contributed by atoms with Crippen molar-refractivity contribution in [2.75, 3.05) is 5.32 Å². The molecule has 0 radical (unpaired) electrons. The van der Waals surface area contributed by atoms with Gasteiger partial charge in [-0.05, 0) is 43.2 Å². The molecule has 2 heterocycles. The van der Waals surface area contributed by atoms with Gasteiger partial charge in [0.25, 0.3) is 11.5 Å². The van der Waals surface area contributed by atoms with Crippen molar-refractivity contribution in [3.63, 3.8) is 0 Å². The molecule has 7 nitrogen and oxygen atoms in total. The minimum atomic E-state index is -0.489. The molecule has 2 aromatic heterocycles. The first-order chi connectivity index (χ1) is 13.0. The Morgan fingerprint density at radius 2 is 2.00 bits per heavy atom. The van der Waals surface area contributed by atoms with Crippen LogP contribution in [0.1, 0.15) is 32.9 Å². The predicted octanol–water partition coefficient (Wildman–Crippen LogP) is 2.05. The topological polar surface area (TPSA) is 97.1 Å². The van der Waals surface area contributed by atoms with E-state index in [-0.39, 0.29) is 18.7 Å². The third-order valence-corrected chi connectivity index (χ3v) is 4.13. The van der Waals surface area contributed by atoms with Crippen LogP contribution < -0.4 is 10.9 Å². The van der Waals surface area contributed by atoms with E-state index in [2.05, 4.69) is 15.3 Å². The molecule has 138 valence electrons. The third-order valence-electron chi connectivity index (χ3n) is 4.13. The zero-order chi connectivity index (χ0) is 19.4. The number of nitrogens with one attached hydrogen (secondary N) is 1. The standard InChI is InChI=1S/C20H20N4O3/c1-13-6-7-24(11-17-10-21-14(2)9-22-17)20(27)18(13)19(26)23-16-5-3-4-15(8-16)12-25/h3-10,25H,11-12H2,1-2H3,(H,23,26). The van der Waals surface area contributed by atoms with Crippen LogP contribution in [0, 0.1) is 13.8 Å². The maximum absolute atomic E-state index is 12.8. The van der Waals surface area contributed by atoms with E-state index in [1.54, 1.807) is 55.8 Å². The number of carbonyl (C=O) groups excluding carboxylic acids is 1. The van der Waals surface area contributed by atoms with E-state index in [1.807, 2.05) is 6.92 Å². The summed E-state index contributed by atoms with van der Waals surface area (Å²) in [4.78, 5) is 33.9. The number of pyridine rings is 1. The summed E-state index contributed by atoms with van der Waals surface area (Å²) in [6.07, 6.45) is 4.89. The molecule has 7 heteroatoms. The van der Waals surface area contributed by atoms with Crippen LogP contribution in [0.2, 0.25) is 0 Å². The van der Waals surface area contributed by atoms with Crippen molar-refractivity contribution < 1.29 is 9.90 Å². The van der Waals surface area contributed by atoms with Gasteiger partial charge in [0.1, 0.15) is 5.56 Å². The fourth-order valence-electron chi connectivity index (χ4n) is 2.68. The van der Waals surface area contributed by atoms with E-state index in [1.165, 1.54) is 4.57 Å². The lowest BCUT2D eigenvalue weighted by molar-refractivity contribution is 0.102. The number of anilines is 1. The van der Waals surface area contributed by atoms with Crippen molar-refractivity contribution in [1.29, 1.82) is 0 Å². The first kappa shape index (κ1) is 18.5. The van der Waals surface area contributed by atoms with E-state index >= 15 is 0 Å². The minimum Gasteiger partial charge on any atom is -0.392 e. The van der Waals surface area contributed by atoms with E-state index in [9.17, 15) is 14.7 Å². The molecule has 0 aliphatic carbocycles. The van der Waals surface area contributed by atoms with Crippen molar-refractivity contribution in [3.05, 3.63) is 87.4 Å². The van der Waals surface area contributed by atoms with Crippen molar-refractivity contribution in [2.24, 2.45) is 0 Å². The molecule has 0 saturated carbocycles. The summed E-state index contributed by atoms with van der Waals surface area (Å²) in [6.45, 7) is 3.66. The number of aromatic nitrogens is 3. The Bertz CT molecular complexity index is 1030. The Morgan fingerprint density at radius 1 is 1.19 bits per heavy atom. The summed E-state index contributed by atoms with van der Waals surface area (Å²) in [5.74, 6) is -0.489. The molecule has 0 bridgehead atoms. The lowest BCUT2D eigenvalue weighted by atomic mass is 10.1. The van der Waals surface area contributed by atoms with Gasteiger partial charge in [-0.1, -0.05) is 12.1 Å². The van der Waals surface area contributed by atoms with Crippen LogP contribution in [0.5, 0.6) is 0 Å². The highest BCUT2D eigenvalue weighted by Crippen LogP contribution is 2.13. The predicted molar refractivity (Wildman–Crippen MR) is 102 cm³/mol. The molecule has 1 aromatic carbocycles. The van der Waals surface area contributed by atoms with Gasteiger partial charge in [0, 0.05) is 18.1 Å². The normalized spacial score (nSPS) is 10.6. The Kier molecular flexibility index (Phi) is 5.42. The number of nitrogens with zero attached hydrogens (tertiary/aromatic N) is 3. The van der Waals surface area contributed by atoms with Crippen molar-refractivity contribution in [3.8, 4) is 0 Å². The largest absolute Gasteiger partial charge is 0.392 e. The van der Waals surface area contributed by atoms with Crippen LogP contribution in [0.4, 0.5) is 5.69 Å². The average Bonchev–Trinajstić information content (AvgIpc) is 2.66. The molecule has 0 aliphatic heterocycles. The second-order valence-corrected chi connectivity index (χ2v) is 6.27. The molecule has 0 aliphatic rings.